The molecule has 0 aliphatic heterocycles. The fourth-order valence-corrected chi connectivity index (χ4v) is 3.99. The number of para-hydroxylation sites is 2. The van der Waals surface area contributed by atoms with Gasteiger partial charge < -0.3 is 9.64 Å². The van der Waals surface area contributed by atoms with E-state index in [0.29, 0.717) is 6.04 Å². The summed E-state index contributed by atoms with van der Waals surface area (Å²) in [6.07, 6.45) is 9.80. The van der Waals surface area contributed by atoms with E-state index in [2.05, 4.69) is 34.2 Å². The number of rotatable bonds is 8. The van der Waals surface area contributed by atoms with Gasteiger partial charge in [-0.2, -0.15) is 0 Å². The molecule has 0 aromatic heterocycles. The summed E-state index contributed by atoms with van der Waals surface area (Å²) in [5, 5.41) is 0. The minimum absolute atomic E-state index is 0.250. The Labute approximate surface area is 189 Å². The predicted octanol–water partition coefficient (Wildman–Crippen LogP) is 7.07. The van der Waals surface area contributed by atoms with E-state index in [-0.39, 0.29) is 5.76 Å². The van der Waals surface area contributed by atoms with Crippen LogP contribution in [0.4, 0.5) is 17.1 Å². The predicted molar refractivity (Wildman–Crippen MR) is 132 cm³/mol. The van der Waals surface area contributed by atoms with Gasteiger partial charge in [0.25, 0.3) is 0 Å². The monoisotopic (exact) mass is 424 g/mol. The number of aliphatic imine (C=N–C) groups is 1. The van der Waals surface area contributed by atoms with Crippen LogP contribution in [0.3, 0.4) is 0 Å². The number of allylic oxidation sites excluding steroid dienone is 1. The fourth-order valence-electron chi connectivity index (χ4n) is 3.99. The molecule has 3 aromatic carbocycles. The highest BCUT2D eigenvalue weighted by molar-refractivity contribution is 5.82. The second kappa shape index (κ2) is 11.1. The van der Waals surface area contributed by atoms with E-state index < -0.39 is 0 Å². The number of carbonyl (C=O) groups is 1. The summed E-state index contributed by atoms with van der Waals surface area (Å²) < 4.78 is 5.51. The van der Waals surface area contributed by atoms with Gasteiger partial charge in [0.2, 0.25) is 0 Å². The third kappa shape index (κ3) is 5.73. The molecule has 0 atom stereocenters. The van der Waals surface area contributed by atoms with Gasteiger partial charge in [-0.1, -0.05) is 67.8 Å². The third-order valence-corrected chi connectivity index (χ3v) is 5.64. The van der Waals surface area contributed by atoms with Gasteiger partial charge in [0.15, 0.2) is 18.4 Å². The molecule has 1 aliphatic carbocycles. The Bertz CT molecular complexity index is 998. The van der Waals surface area contributed by atoms with Crippen molar-refractivity contribution in [2.45, 2.75) is 38.1 Å². The van der Waals surface area contributed by atoms with Gasteiger partial charge in [-0.15, -0.1) is 0 Å². The molecule has 1 fully saturated rings. The van der Waals surface area contributed by atoms with Crippen LogP contribution in [-0.4, -0.2) is 18.7 Å². The Hall–Kier alpha value is -3.66. The maximum Gasteiger partial charge on any atom is 0.185 e. The zero-order valence-electron chi connectivity index (χ0n) is 18.1. The largest absolute Gasteiger partial charge is 0.443 e. The van der Waals surface area contributed by atoms with E-state index in [9.17, 15) is 4.79 Å². The molecule has 0 N–H and O–H groups in total. The molecule has 0 bridgehead atoms. The van der Waals surface area contributed by atoms with Crippen LogP contribution in [0.15, 0.2) is 95.7 Å². The zero-order chi connectivity index (χ0) is 22.0. The van der Waals surface area contributed by atoms with Crippen LogP contribution in [0.25, 0.3) is 6.08 Å². The Morgan fingerprint density at radius 1 is 0.781 bits per heavy atom. The molecule has 0 radical (unpaired) electrons. The molecule has 0 saturated heterocycles. The molecular weight excluding hydrogens is 396 g/mol. The van der Waals surface area contributed by atoms with Crippen LogP contribution >= 0.6 is 0 Å². The minimum Gasteiger partial charge on any atom is -0.443 e. The van der Waals surface area contributed by atoms with Crippen LogP contribution in [0.5, 0.6) is 0 Å². The van der Waals surface area contributed by atoms with E-state index in [1.807, 2.05) is 60.7 Å². The molecule has 1 aliphatic rings. The van der Waals surface area contributed by atoms with Gasteiger partial charge in [0, 0.05) is 17.1 Å². The summed E-state index contributed by atoms with van der Waals surface area (Å²) in [7, 11) is 0. The lowest BCUT2D eigenvalue weighted by Crippen LogP contribution is -2.10. The van der Waals surface area contributed by atoms with Crippen molar-refractivity contribution < 1.29 is 9.53 Å². The highest BCUT2D eigenvalue weighted by Crippen LogP contribution is 2.34. The molecule has 0 unspecified atom stereocenters. The number of anilines is 3. The zero-order valence-corrected chi connectivity index (χ0v) is 18.1. The average Bonchev–Trinajstić information content (AvgIpc) is 2.86. The number of benzene rings is 3. The molecule has 162 valence electrons. The summed E-state index contributed by atoms with van der Waals surface area (Å²) in [6.45, 7) is 0. The van der Waals surface area contributed by atoms with Gasteiger partial charge in [0.1, 0.15) is 0 Å². The highest BCUT2D eigenvalue weighted by atomic mass is 16.5. The van der Waals surface area contributed by atoms with Crippen LogP contribution < -0.4 is 4.90 Å². The van der Waals surface area contributed by atoms with Crippen molar-refractivity contribution in [3.05, 3.63) is 96.3 Å². The Balaban J connectivity index is 1.51. The standard InChI is InChI=1S/C28H28N2O2/c31-21-28(32-22-29-24-10-4-1-5-11-24)20-23-16-18-27(19-17-23)30(25-12-6-2-7-13-25)26-14-8-3-9-15-26/h2-3,6-9,12-22,24H,1,4-5,10-11H2/b28-20+,29-22?. The fraction of sp³-hybridized carbons (Fsp3) is 0.214. The Morgan fingerprint density at radius 3 is 1.91 bits per heavy atom. The van der Waals surface area contributed by atoms with Gasteiger partial charge in [-0.3, -0.25) is 9.79 Å². The van der Waals surface area contributed by atoms with Gasteiger partial charge in [0.05, 0.1) is 6.04 Å². The topological polar surface area (TPSA) is 41.9 Å². The SMILES string of the molecule is O=C/C(=C\c1ccc(N(c2ccccc2)c2ccccc2)cc1)OC=NC1CCCCC1. The van der Waals surface area contributed by atoms with E-state index in [4.69, 9.17) is 4.74 Å². The molecule has 32 heavy (non-hydrogen) atoms. The highest BCUT2D eigenvalue weighted by Gasteiger charge is 2.12. The normalized spacial score (nSPS) is 14.9. The molecule has 3 aromatic rings. The van der Waals surface area contributed by atoms with E-state index >= 15 is 0 Å². The van der Waals surface area contributed by atoms with Crippen molar-refractivity contribution in [2.24, 2.45) is 4.99 Å². The number of hydrogen-bond acceptors (Lipinski definition) is 4. The summed E-state index contributed by atoms with van der Waals surface area (Å²) >= 11 is 0. The average molecular weight is 425 g/mol. The molecule has 4 nitrogen and oxygen atoms in total. The first kappa shape index (κ1) is 21.6. The van der Waals surface area contributed by atoms with E-state index in [1.165, 1.54) is 25.7 Å². The van der Waals surface area contributed by atoms with Crippen molar-refractivity contribution in [1.82, 2.24) is 0 Å². The van der Waals surface area contributed by atoms with E-state index in [1.54, 1.807) is 6.08 Å². The smallest absolute Gasteiger partial charge is 0.185 e. The van der Waals surface area contributed by atoms with Crippen LogP contribution in [-0.2, 0) is 9.53 Å². The van der Waals surface area contributed by atoms with Gasteiger partial charge in [-0.25, -0.2) is 0 Å². The summed E-state index contributed by atoms with van der Waals surface area (Å²) in [6, 6.07) is 28.9. The van der Waals surface area contributed by atoms with Crippen molar-refractivity contribution in [2.75, 3.05) is 4.90 Å². The molecule has 1 saturated carbocycles. The molecule has 0 heterocycles. The third-order valence-electron chi connectivity index (χ3n) is 5.64. The van der Waals surface area contributed by atoms with Crippen molar-refractivity contribution in [3.63, 3.8) is 0 Å². The maximum atomic E-state index is 11.5. The number of nitrogens with zero attached hydrogens (tertiary/aromatic N) is 2. The molecule has 4 heteroatoms. The summed E-state index contributed by atoms with van der Waals surface area (Å²) in [5.74, 6) is 0.250. The number of hydrogen-bond donors (Lipinski definition) is 0. The number of ether oxygens (including phenoxy) is 1. The first-order valence-corrected chi connectivity index (χ1v) is 11.2. The minimum atomic E-state index is 0.250. The number of aldehydes is 1. The lowest BCUT2D eigenvalue weighted by Gasteiger charge is -2.25. The second-order valence-electron chi connectivity index (χ2n) is 7.93. The molecule has 0 spiro atoms. The Kier molecular flexibility index (Phi) is 7.48. The first-order chi connectivity index (χ1) is 15.8. The number of carbonyl (C=O) groups excluding carboxylic acids is 1. The maximum absolute atomic E-state index is 11.5. The quantitative estimate of drug-likeness (QED) is 0.128. The molecular formula is C28H28N2O2. The van der Waals surface area contributed by atoms with Crippen LogP contribution in [0.1, 0.15) is 37.7 Å². The Morgan fingerprint density at radius 2 is 1.34 bits per heavy atom. The van der Waals surface area contributed by atoms with Gasteiger partial charge in [-0.05, 0) is 60.9 Å². The van der Waals surface area contributed by atoms with Gasteiger partial charge >= 0.3 is 0 Å². The summed E-state index contributed by atoms with van der Waals surface area (Å²) in [5.41, 5.74) is 4.09. The summed E-state index contributed by atoms with van der Waals surface area (Å²) in [4.78, 5) is 18.1. The molecule has 4 rings (SSSR count). The van der Waals surface area contributed by atoms with E-state index in [0.717, 1.165) is 41.8 Å². The lowest BCUT2D eigenvalue weighted by atomic mass is 9.96. The van der Waals surface area contributed by atoms with Crippen molar-refractivity contribution >= 4 is 35.8 Å². The van der Waals surface area contributed by atoms with Crippen molar-refractivity contribution in [1.29, 1.82) is 0 Å². The van der Waals surface area contributed by atoms with Crippen LogP contribution in [0.2, 0.25) is 0 Å². The van der Waals surface area contributed by atoms with Crippen molar-refractivity contribution in [3.8, 4) is 0 Å². The van der Waals surface area contributed by atoms with Crippen LogP contribution in [0, 0.1) is 0 Å². The molecule has 0 amide bonds. The second-order valence-corrected chi connectivity index (χ2v) is 7.93. The first-order valence-electron chi connectivity index (χ1n) is 11.2. The lowest BCUT2D eigenvalue weighted by molar-refractivity contribution is -0.106.